The van der Waals surface area contributed by atoms with E-state index >= 15 is 0 Å². The van der Waals surface area contributed by atoms with Gasteiger partial charge in [-0.05, 0) is 24.6 Å². The van der Waals surface area contributed by atoms with Crippen LogP contribution in [0.5, 0.6) is 5.75 Å². The second-order valence-corrected chi connectivity index (χ2v) is 11.0. The van der Waals surface area contributed by atoms with E-state index in [1.54, 1.807) is 10.6 Å². The molecular weight excluding hydrogens is 590 g/mol. The number of hydrogen-bond donors (Lipinski definition) is 4. The number of fused-ring (bicyclic) bond motifs is 4. The molecule has 38 heavy (non-hydrogen) atoms. The average Bonchev–Trinajstić information content (AvgIpc) is 3.61. The molecule has 18 heteroatoms. The Balaban J connectivity index is 1.44. The third kappa shape index (κ3) is 4.14. The molecule has 2 fully saturated rings. The zero-order chi connectivity index (χ0) is 26.8. The fourth-order valence-electron chi connectivity index (χ4n) is 5.34. The number of aromatic nitrogens is 4. The Morgan fingerprint density at radius 3 is 2.74 bits per heavy atom. The summed E-state index contributed by atoms with van der Waals surface area (Å²) in [7, 11) is -4.81. The maximum absolute atomic E-state index is 11.5. The van der Waals surface area contributed by atoms with Gasteiger partial charge < -0.3 is 44.7 Å². The minimum atomic E-state index is -4.81. The number of hydrogen-bond acceptors (Lipinski definition) is 12. The Labute approximate surface area is 224 Å². The molecular formula is C20H24BBrN6O9P-. The lowest BCUT2D eigenvalue weighted by molar-refractivity contribution is -0.0682. The molecule has 5 heterocycles. The Morgan fingerprint density at radius 1 is 1.21 bits per heavy atom. The molecule has 0 saturated carbocycles. The van der Waals surface area contributed by atoms with Gasteiger partial charge in [0.1, 0.15) is 17.9 Å². The quantitative estimate of drug-likeness (QED) is 0.208. The van der Waals surface area contributed by atoms with E-state index in [9.17, 15) is 14.4 Å². The van der Waals surface area contributed by atoms with E-state index in [1.807, 2.05) is 13.0 Å². The van der Waals surface area contributed by atoms with Crippen LogP contribution in [0.4, 0.5) is 5.82 Å². The van der Waals surface area contributed by atoms with Gasteiger partial charge in [0.25, 0.3) is 0 Å². The lowest BCUT2D eigenvalue weighted by Crippen LogP contribution is -2.52. The first-order chi connectivity index (χ1) is 18.2. The first-order valence-corrected chi connectivity index (χ1v) is 14.1. The van der Waals surface area contributed by atoms with Crippen molar-refractivity contribution in [2.24, 2.45) is 5.73 Å². The van der Waals surface area contributed by atoms with E-state index in [-0.39, 0.29) is 12.4 Å². The molecule has 1 spiro atoms. The summed E-state index contributed by atoms with van der Waals surface area (Å²) < 4.78 is 50.1. The van der Waals surface area contributed by atoms with Crippen molar-refractivity contribution in [3.05, 3.63) is 34.8 Å². The summed E-state index contributed by atoms with van der Waals surface area (Å²) in [6, 6.07) is 3.62. The molecule has 2 aromatic heterocycles. The first-order valence-electron chi connectivity index (χ1n) is 11.8. The van der Waals surface area contributed by atoms with Crippen LogP contribution < -0.4 is 21.7 Å². The van der Waals surface area contributed by atoms with E-state index in [0.29, 0.717) is 29.0 Å². The molecule has 0 radical (unpaired) electrons. The minimum Gasteiger partial charge on any atom is -0.534 e. The molecule has 0 amide bonds. The lowest BCUT2D eigenvalue weighted by atomic mass is 9.69. The molecule has 1 unspecified atom stereocenters. The number of rotatable bonds is 7. The minimum absolute atomic E-state index is 0.139. The highest BCUT2D eigenvalue weighted by Crippen LogP contribution is 2.49. The SMILES string of the molecule is CCOc1ccc(Br)c2c1[B-]1(O[C@@H]3[C@H](O1)[C@@H](COP(=O)(O)O)O[C@H]3n1cnc3c(N)ncnc31)O[C@@H]2CN. The third-order valence-corrected chi connectivity index (χ3v) is 7.93. The van der Waals surface area contributed by atoms with Gasteiger partial charge in [-0.3, -0.25) is 9.09 Å². The number of anilines is 1. The Morgan fingerprint density at radius 2 is 2.00 bits per heavy atom. The second kappa shape index (κ2) is 9.48. The molecule has 15 nitrogen and oxygen atoms in total. The smallest absolute Gasteiger partial charge is 0.469 e. The van der Waals surface area contributed by atoms with Crippen LogP contribution in [0.15, 0.2) is 29.3 Å². The van der Waals surface area contributed by atoms with E-state index in [2.05, 4.69) is 30.9 Å². The molecule has 6 atom stereocenters. The maximum atomic E-state index is 11.5. The van der Waals surface area contributed by atoms with Crippen LogP contribution in [0.2, 0.25) is 0 Å². The number of benzene rings is 1. The molecule has 3 aliphatic rings. The molecule has 1 aromatic carbocycles. The highest BCUT2D eigenvalue weighted by molar-refractivity contribution is 9.10. The van der Waals surface area contributed by atoms with Crippen molar-refractivity contribution in [2.75, 3.05) is 25.5 Å². The highest BCUT2D eigenvalue weighted by Gasteiger charge is 2.60. The number of nitrogens with two attached hydrogens (primary N) is 2. The number of imidazole rings is 1. The predicted molar refractivity (Wildman–Crippen MR) is 135 cm³/mol. The molecule has 3 aromatic rings. The number of halogens is 1. The fourth-order valence-corrected chi connectivity index (χ4v) is 6.28. The molecule has 6 N–H and O–H groups in total. The van der Waals surface area contributed by atoms with Gasteiger partial charge >= 0.3 is 14.6 Å². The molecule has 0 aliphatic carbocycles. The van der Waals surface area contributed by atoms with Gasteiger partial charge in [-0.1, -0.05) is 21.4 Å². The van der Waals surface area contributed by atoms with Crippen molar-refractivity contribution in [1.82, 2.24) is 19.5 Å². The zero-order valence-corrected chi connectivity index (χ0v) is 22.4. The molecule has 6 rings (SSSR count). The number of nitrogen functional groups attached to an aromatic ring is 1. The third-order valence-electron chi connectivity index (χ3n) is 6.75. The zero-order valence-electron chi connectivity index (χ0n) is 19.9. The van der Waals surface area contributed by atoms with Crippen LogP contribution in [0, 0.1) is 0 Å². The van der Waals surface area contributed by atoms with E-state index < -0.39 is 51.8 Å². The number of nitrogens with zero attached hydrogens (tertiary/aromatic N) is 4. The van der Waals surface area contributed by atoms with E-state index in [0.717, 1.165) is 10.0 Å². The van der Waals surface area contributed by atoms with Crippen LogP contribution >= 0.6 is 23.8 Å². The molecule has 2 saturated heterocycles. The molecule has 204 valence electrons. The summed E-state index contributed by atoms with van der Waals surface area (Å²) in [6.45, 7) is -0.724. The van der Waals surface area contributed by atoms with Crippen LogP contribution in [0.1, 0.15) is 24.8 Å². The van der Waals surface area contributed by atoms with Crippen LogP contribution in [0.3, 0.4) is 0 Å². The van der Waals surface area contributed by atoms with Gasteiger partial charge in [0.05, 0.1) is 43.6 Å². The van der Waals surface area contributed by atoms with Crippen molar-refractivity contribution in [3.63, 3.8) is 0 Å². The van der Waals surface area contributed by atoms with Gasteiger partial charge in [-0.25, -0.2) is 19.5 Å². The first kappa shape index (κ1) is 26.1. The van der Waals surface area contributed by atoms with Gasteiger partial charge in [0, 0.05) is 11.0 Å². The van der Waals surface area contributed by atoms with Crippen molar-refractivity contribution in [2.45, 2.75) is 37.6 Å². The number of phosphoric ester groups is 1. The predicted octanol–water partition coefficient (Wildman–Crippen LogP) is 0.236. The summed E-state index contributed by atoms with van der Waals surface area (Å²) in [5.41, 5.74) is 14.1. The largest absolute Gasteiger partial charge is 0.534 e. The standard InChI is InChI=1S/C20H24BBrN6O9P/c1-2-32-10-4-3-9(22)13-11(5-23)35-21(14(10)13)36-16-12(6-33-38(29,30)31)34-20(17(16)37-21)28-8-27-15-18(24)25-7-26-19(15)28/h3-4,7-8,11-12,16-17,20H,2,5-6,23H2,1H3,(H2,24,25,26)(H2,29,30,31)/q-1/t11-,12-,16-,17-,20-,21?/m1/s1. The summed E-state index contributed by atoms with van der Waals surface area (Å²) in [6.07, 6.45) is -1.33. The lowest BCUT2D eigenvalue weighted by Gasteiger charge is -2.36. The maximum Gasteiger partial charge on any atom is 0.469 e. The van der Waals surface area contributed by atoms with Crippen LogP contribution in [-0.2, 0) is 27.8 Å². The summed E-state index contributed by atoms with van der Waals surface area (Å²) in [5.74, 6) is 0.690. The monoisotopic (exact) mass is 613 g/mol. The fraction of sp³-hybridized carbons (Fsp3) is 0.450. The van der Waals surface area contributed by atoms with Crippen molar-refractivity contribution in [3.8, 4) is 5.75 Å². The molecule has 0 bridgehead atoms. The van der Waals surface area contributed by atoms with Crippen molar-refractivity contribution >= 4 is 53.0 Å². The normalized spacial score (nSPS) is 30.3. The van der Waals surface area contributed by atoms with E-state index in [1.165, 1.54) is 12.7 Å². The van der Waals surface area contributed by atoms with E-state index in [4.69, 9.17) is 39.4 Å². The Hall–Kier alpha value is -2.18. The number of ether oxygens (including phenoxy) is 2. The summed E-state index contributed by atoms with van der Waals surface area (Å²) in [5, 5.41) is 0. The number of phosphoric acid groups is 1. The molecule has 3 aliphatic heterocycles. The highest BCUT2D eigenvalue weighted by atomic mass is 79.9. The topological polar surface area (TPSA) is 209 Å². The van der Waals surface area contributed by atoms with Gasteiger partial charge in [-0.15, -0.1) is 0 Å². The van der Waals surface area contributed by atoms with Crippen molar-refractivity contribution < 1.29 is 42.3 Å². The van der Waals surface area contributed by atoms with Crippen LogP contribution in [-0.4, -0.2) is 74.1 Å². The Bertz CT molecular complexity index is 1440. The van der Waals surface area contributed by atoms with Gasteiger partial charge in [0.15, 0.2) is 17.7 Å². The Kier molecular flexibility index (Phi) is 6.50. The average molecular weight is 614 g/mol. The summed E-state index contributed by atoms with van der Waals surface area (Å²) in [4.78, 5) is 31.2. The summed E-state index contributed by atoms with van der Waals surface area (Å²) >= 11 is 3.58. The second-order valence-electron chi connectivity index (χ2n) is 8.94. The van der Waals surface area contributed by atoms with Gasteiger partial charge in [-0.2, -0.15) is 0 Å². The van der Waals surface area contributed by atoms with Gasteiger partial charge in [0.2, 0.25) is 0 Å². The van der Waals surface area contributed by atoms with Crippen molar-refractivity contribution in [1.29, 1.82) is 0 Å². The van der Waals surface area contributed by atoms with Crippen LogP contribution in [0.25, 0.3) is 11.2 Å².